The third-order valence-electron chi connectivity index (χ3n) is 3.52. The van der Waals surface area contributed by atoms with Crippen molar-refractivity contribution in [2.75, 3.05) is 0 Å². The Morgan fingerprint density at radius 1 is 0.727 bits per heavy atom. The predicted octanol–water partition coefficient (Wildman–Crippen LogP) is 7.57. The van der Waals surface area contributed by atoms with Gasteiger partial charge in [0, 0.05) is 0 Å². The second kappa shape index (κ2) is 17.0. The van der Waals surface area contributed by atoms with Crippen LogP contribution in [0.25, 0.3) is 0 Å². The second-order valence-corrected chi connectivity index (χ2v) is 8.73. The van der Waals surface area contributed by atoms with Gasteiger partial charge in [-0.3, -0.25) is 13.6 Å². The maximum atomic E-state index is 11.8. The molecule has 0 bridgehead atoms. The molecule has 0 heterocycles. The molecule has 0 aliphatic heterocycles. The first-order chi connectivity index (χ1) is 10.6. The van der Waals surface area contributed by atoms with E-state index in [1.54, 1.807) is 0 Å². The van der Waals surface area contributed by atoms with Crippen LogP contribution in [-0.4, -0.2) is 10.0 Å². The van der Waals surface area contributed by atoms with Crippen molar-refractivity contribution in [1.29, 1.82) is 0 Å². The van der Waals surface area contributed by atoms with Gasteiger partial charge in [-0.25, -0.2) is 0 Å². The fourth-order valence-corrected chi connectivity index (χ4v) is 4.44. The highest BCUT2D eigenvalue weighted by molar-refractivity contribution is 9.09. The molecule has 0 aromatic heterocycles. The van der Waals surface area contributed by atoms with Crippen LogP contribution >= 0.6 is 40.1 Å². The first-order valence-corrected chi connectivity index (χ1v) is 11.8. The predicted molar refractivity (Wildman–Crippen MR) is 103 cm³/mol. The van der Waals surface area contributed by atoms with E-state index < -0.39 is 8.25 Å². The van der Waals surface area contributed by atoms with Gasteiger partial charge in [-0.15, -0.1) is 0 Å². The average Bonchev–Trinajstić information content (AvgIpc) is 2.46. The van der Waals surface area contributed by atoms with E-state index in [0.717, 1.165) is 25.7 Å². The highest BCUT2D eigenvalue weighted by Gasteiger charge is 2.13. The summed E-state index contributed by atoms with van der Waals surface area (Å²) in [7, 11) is -2.42. The minimum Gasteiger partial charge on any atom is -0.296 e. The second-order valence-electron chi connectivity index (χ2n) is 5.71. The lowest BCUT2D eigenvalue weighted by Gasteiger charge is -2.14. The Labute approximate surface area is 154 Å². The molecule has 3 nitrogen and oxygen atoms in total. The van der Waals surface area contributed by atoms with Gasteiger partial charge in [-0.2, -0.15) is 0 Å². The van der Waals surface area contributed by atoms with Gasteiger partial charge in [-0.05, 0) is 25.7 Å². The SMILES string of the molecule is CCCCCCCC(Br)O[PH](=O)OC(Br)CCCCCCC. The number of hydrogen-bond donors (Lipinski definition) is 0. The number of rotatable bonds is 16. The summed E-state index contributed by atoms with van der Waals surface area (Å²) in [6.07, 6.45) is 14.0. The zero-order valence-corrected chi connectivity index (χ0v) is 18.3. The van der Waals surface area contributed by atoms with E-state index in [2.05, 4.69) is 45.7 Å². The summed E-state index contributed by atoms with van der Waals surface area (Å²) in [5.41, 5.74) is 0. The van der Waals surface area contributed by atoms with Crippen LogP contribution in [0.1, 0.15) is 90.9 Å². The Balaban J connectivity index is 3.56. The van der Waals surface area contributed by atoms with E-state index in [1.807, 2.05) is 0 Å². The molecule has 2 unspecified atom stereocenters. The summed E-state index contributed by atoms with van der Waals surface area (Å²) < 4.78 is 22.6. The fourth-order valence-electron chi connectivity index (χ4n) is 2.17. The average molecular weight is 464 g/mol. The number of alkyl halides is 2. The minimum absolute atomic E-state index is 0.162. The molecule has 2 atom stereocenters. The van der Waals surface area contributed by atoms with Crippen LogP contribution in [-0.2, 0) is 13.6 Å². The van der Waals surface area contributed by atoms with Gasteiger partial charge in [0.15, 0.2) is 0 Å². The topological polar surface area (TPSA) is 35.5 Å². The van der Waals surface area contributed by atoms with Crippen molar-refractivity contribution in [2.24, 2.45) is 0 Å². The molecule has 134 valence electrons. The van der Waals surface area contributed by atoms with E-state index in [9.17, 15) is 4.57 Å². The molecule has 0 aromatic carbocycles. The van der Waals surface area contributed by atoms with E-state index in [0.29, 0.717) is 0 Å². The lowest BCUT2D eigenvalue weighted by atomic mass is 10.1. The Kier molecular flexibility index (Phi) is 17.8. The van der Waals surface area contributed by atoms with Gasteiger partial charge in [-0.1, -0.05) is 97.1 Å². The molecule has 0 aliphatic rings. The van der Waals surface area contributed by atoms with Crippen LogP contribution in [0.3, 0.4) is 0 Å². The molecule has 0 N–H and O–H groups in total. The molecule has 0 saturated heterocycles. The molecule has 0 saturated carbocycles. The van der Waals surface area contributed by atoms with E-state index in [4.69, 9.17) is 9.05 Å². The monoisotopic (exact) mass is 462 g/mol. The van der Waals surface area contributed by atoms with Crippen molar-refractivity contribution in [3.63, 3.8) is 0 Å². The molecule has 6 heteroatoms. The normalized spacial score (nSPS) is 15.6. The molecule has 0 aromatic rings. The molecule has 22 heavy (non-hydrogen) atoms. The Morgan fingerprint density at radius 2 is 1.09 bits per heavy atom. The van der Waals surface area contributed by atoms with Crippen LogP contribution in [0.5, 0.6) is 0 Å². The molecule has 0 rings (SSSR count). The number of halogens is 2. The van der Waals surface area contributed by atoms with E-state index in [1.165, 1.54) is 51.4 Å². The van der Waals surface area contributed by atoms with Crippen molar-refractivity contribution in [1.82, 2.24) is 0 Å². The smallest absolute Gasteiger partial charge is 0.296 e. The zero-order chi connectivity index (χ0) is 16.6. The maximum Gasteiger partial charge on any atom is 0.321 e. The zero-order valence-electron chi connectivity index (χ0n) is 14.1. The standard InChI is InChI=1S/C16H33Br2O3P/c1-3-5-7-9-11-13-15(17)20-22(19)21-16(18)14-12-10-8-6-4-2/h15-16,22H,3-14H2,1-2H3. The summed E-state index contributed by atoms with van der Waals surface area (Å²) in [4.78, 5) is 0. The van der Waals surface area contributed by atoms with Crippen LogP contribution in [0, 0.1) is 0 Å². The molecule has 0 amide bonds. The van der Waals surface area contributed by atoms with Crippen molar-refractivity contribution in [3.8, 4) is 0 Å². The van der Waals surface area contributed by atoms with Gasteiger partial charge >= 0.3 is 8.25 Å². The highest BCUT2D eigenvalue weighted by Crippen LogP contribution is 2.34. The summed E-state index contributed by atoms with van der Waals surface area (Å²) in [6.45, 7) is 4.42. The van der Waals surface area contributed by atoms with Gasteiger partial charge < -0.3 is 0 Å². The summed E-state index contributed by atoms with van der Waals surface area (Å²) in [5.74, 6) is 0. The molecule has 0 aliphatic carbocycles. The molecular formula is C16H33Br2O3P. The Morgan fingerprint density at radius 3 is 1.45 bits per heavy atom. The third kappa shape index (κ3) is 16.0. The van der Waals surface area contributed by atoms with Crippen molar-refractivity contribution in [2.45, 2.75) is 101 Å². The lowest BCUT2D eigenvalue weighted by molar-refractivity contribution is 0.195. The highest BCUT2D eigenvalue weighted by atomic mass is 79.9. The van der Waals surface area contributed by atoms with Crippen LogP contribution in [0.15, 0.2) is 0 Å². The van der Waals surface area contributed by atoms with Crippen LogP contribution in [0.2, 0.25) is 0 Å². The lowest BCUT2D eigenvalue weighted by Crippen LogP contribution is -2.03. The van der Waals surface area contributed by atoms with Gasteiger partial charge in [0.25, 0.3) is 0 Å². The van der Waals surface area contributed by atoms with Crippen LogP contribution < -0.4 is 0 Å². The number of hydrogen-bond acceptors (Lipinski definition) is 3. The van der Waals surface area contributed by atoms with Crippen molar-refractivity contribution in [3.05, 3.63) is 0 Å². The molecular weight excluding hydrogens is 431 g/mol. The van der Waals surface area contributed by atoms with E-state index >= 15 is 0 Å². The third-order valence-corrected chi connectivity index (χ3v) is 6.45. The van der Waals surface area contributed by atoms with Gasteiger partial charge in [0.2, 0.25) is 0 Å². The van der Waals surface area contributed by atoms with Crippen LogP contribution in [0.4, 0.5) is 0 Å². The first kappa shape index (κ1) is 23.1. The molecule has 0 spiro atoms. The summed E-state index contributed by atoms with van der Waals surface area (Å²) >= 11 is 6.85. The number of unbranched alkanes of at least 4 members (excludes halogenated alkanes) is 8. The molecule has 0 fully saturated rings. The quantitative estimate of drug-likeness (QED) is 0.134. The maximum absolute atomic E-state index is 11.8. The Bertz CT molecular complexity index is 244. The summed E-state index contributed by atoms with van der Waals surface area (Å²) in [6, 6.07) is 0. The van der Waals surface area contributed by atoms with Crippen molar-refractivity contribution < 1.29 is 13.6 Å². The van der Waals surface area contributed by atoms with Crippen molar-refractivity contribution >= 4 is 40.1 Å². The van der Waals surface area contributed by atoms with E-state index in [-0.39, 0.29) is 10.0 Å². The fraction of sp³-hybridized carbons (Fsp3) is 1.00. The molecule has 0 radical (unpaired) electrons. The first-order valence-electron chi connectivity index (χ1n) is 8.75. The largest absolute Gasteiger partial charge is 0.321 e. The minimum atomic E-state index is -2.42. The van der Waals surface area contributed by atoms with Gasteiger partial charge in [0.05, 0.1) is 0 Å². The van der Waals surface area contributed by atoms with Gasteiger partial charge in [0.1, 0.15) is 10.0 Å². The Hall–Kier alpha value is 1.11. The summed E-state index contributed by atoms with van der Waals surface area (Å²) in [5, 5.41) is -0.325.